The summed E-state index contributed by atoms with van der Waals surface area (Å²) in [6.07, 6.45) is -32.5. The number of aliphatic hydroxyl groups excluding tert-OH is 17. The average molecular weight is 1260 g/mol. The van der Waals surface area contributed by atoms with Crippen LogP contribution >= 0.6 is 0 Å². The number of ether oxygens (including phenoxy) is 10. The van der Waals surface area contributed by atoms with Crippen LogP contribution in [0.5, 0.6) is 0 Å². The van der Waals surface area contributed by atoms with Crippen LogP contribution in [0.1, 0.15) is 120 Å². The van der Waals surface area contributed by atoms with Crippen molar-refractivity contribution < 1.29 is 134 Å². The summed E-state index contributed by atoms with van der Waals surface area (Å²) < 4.78 is 59.7. The van der Waals surface area contributed by atoms with E-state index in [4.69, 9.17) is 47.4 Å². The number of fused-ring (bicyclic) bond motifs is 5. The molecule has 0 radical (unpaired) electrons. The lowest BCUT2D eigenvalue weighted by molar-refractivity contribution is -0.383. The first-order valence-corrected chi connectivity index (χ1v) is 31.3. The first-order chi connectivity index (χ1) is 40.6. The van der Waals surface area contributed by atoms with Crippen molar-refractivity contribution in [3.8, 4) is 0 Å². The van der Waals surface area contributed by atoms with E-state index in [-0.39, 0.29) is 40.9 Å². The third-order valence-corrected chi connectivity index (χ3v) is 22.6. The second-order valence-electron chi connectivity index (χ2n) is 29.0. The Kier molecular flexibility index (Phi) is 21.6. The number of rotatable bonds is 18. The van der Waals surface area contributed by atoms with Gasteiger partial charge in [0.15, 0.2) is 37.7 Å². The largest absolute Gasteiger partial charge is 0.394 e. The Labute approximate surface area is 507 Å². The van der Waals surface area contributed by atoms with E-state index in [1.54, 1.807) is 0 Å². The standard InChI is InChI=1S/C60H102O27/c1-24(10-14-36(56(2,3)4)84-55-49(86-51-29(64)18-28(63)50(77)87-51)45(73)41(69)33(83-55)23-79-53-47(75)43(71)39(67)31(21-62)81-53)25-16-17-58(7)34-13-11-26-27(60(34,9)35(65)19-59(25,58)8)12-15-37(57(26,5)6)85-54-48(76)44(72)40(68)32(82-54)22-78-52-46(74)42(70)38(66)30(20-61)80-52/h11,24-25,27-55,61-77H,10,12-23H2,1-9H3/t24-,25-,27-,28?,29?,30?,31?,32?,33?,34?,35-,36?,37+,38?,39?,40?,41?,42?,43?,44?,45?,46?,47?,48?,49?,50?,51?,52?,53?,54?,55?,58+,59-,60+/m1/s1. The van der Waals surface area contributed by atoms with Gasteiger partial charge in [-0.2, -0.15) is 0 Å². The summed E-state index contributed by atoms with van der Waals surface area (Å²) in [7, 11) is 0. The Bertz CT molecular complexity index is 2290. The fourth-order valence-electron chi connectivity index (χ4n) is 16.9. The highest BCUT2D eigenvalue weighted by atomic mass is 16.8. The molecule has 0 amide bonds. The molecule has 0 aromatic carbocycles. The van der Waals surface area contributed by atoms with Gasteiger partial charge in [0, 0.05) is 17.3 Å². The summed E-state index contributed by atoms with van der Waals surface area (Å²) in [6.45, 7) is 16.8. The minimum Gasteiger partial charge on any atom is -0.394 e. The maximum Gasteiger partial charge on any atom is 0.187 e. The summed E-state index contributed by atoms with van der Waals surface area (Å²) in [5, 5.41) is 183. The number of allylic oxidation sites excluding steroid dienone is 1. The van der Waals surface area contributed by atoms with Crippen molar-refractivity contribution in [2.75, 3.05) is 26.4 Å². The molecule has 0 spiro atoms. The van der Waals surface area contributed by atoms with Gasteiger partial charge in [-0.15, -0.1) is 0 Å². The third kappa shape index (κ3) is 12.9. The predicted molar refractivity (Wildman–Crippen MR) is 297 cm³/mol. The highest BCUT2D eigenvalue weighted by Crippen LogP contribution is 2.75. The van der Waals surface area contributed by atoms with Gasteiger partial charge in [0.1, 0.15) is 110 Å². The first-order valence-electron chi connectivity index (χ1n) is 31.3. The molecule has 9 rings (SSSR count). The molecule has 27 nitrogen and oxygen atoms in total. The molecule has 0 bridgehead atoms. The monoisotopic (exact) mass is 1250 g/mol. The quantitative estimate of drug-likeness (QED) is 0.0603. The van der Waals surface area contributed by atoms with E-state index < -0.39 is 209 Å². The van der Waals surface area contributed by atoms with Crippen LogP contribution in [0.4, 0.5) is 0 Å². The Morgan fingerprint density at radius 1 is 0.552 bits per heavy atom. The van der Waals surface area contributed by atoms with Crippen LogP contribution in [0, 0.1) is 50.7 Å². The molecule has 5 aliphatic heterocycles. The molecule has 26 unspecified atom stereocenters. The molecular formula is C60H102O27. The topological polar surface area (TPSA) is 436 Å². The van der Waals surface area contributed by atoms with E-state index in [1.807, 2.05) is 20.8 Å². The van der Waals surface area contributed by atoms with Crippen molar-refractivity contribution in [2.45, 2.75) is 286 Å². The van der Waals surface area contributed by atoms with Crippen LogP contribution < -0.4 is 0 Å². The summed E-state index contributed by atoms with van der Waals surface area (Å²) in [5.41, 5.74) is -1.18. The maximum atomic E-state index is 12.9. The zero-order valence-electron chi connectivity index (χ0n) is 51.4. The number of aliphatic hydroxyl groups is 17. The molecule has 5 heterocycles. The van der Waals surface area contributed by atoms with E-state index in [1.165, 1.54) is 0 Å². The number of hydrogen-bond donors (Lipinski definition) is 17. The zero-order chi connectivity index (χ0) is 63.9. The minimum absolute atomic E-state index is 0.0362. The smallest absolute Gasteiger partial charge is 0.187 e. The molecule has 9 aliphatic rings. The van der Waals surface area contributed by atoms with Crippen LogP contribution in [-0.4, -0.2) is 279 Å². The highest BCUT2D eigenvalue weighted by molar-refractivity contribution is 5.32. The minimum atomic E-state index is -1.80. The fourth-order valence-corrected chi connectivity index (χ4v) is 16.9. The van der Waals surface area contributed by atoms with Crippen molar-refractivity contribution >= 4 is 0 Å². The van der Waals surface area contributed by atoms with Crippen molar-refractivity contribution in [1.29, 1.82) is 0 Å². The highest BCUT2D eigenvalue weighted by Gasteiger charge is 2.70. The normalized spacial score (nSPS) is 51.8. The molecule has 4 aliphatic carbocycles. The molecule has 5 saturated heterocycles. The van der Waals surface area contributed by atoms with Crippen LogP contribution in [-0.2, 0) is 47.4 Å². The molecule has 8 fully saturated rings. The van der Waals surface area contributed by atoms with Gasteiger partial charge in [-0.25, -0.2) is 0 Å². The molecule has 17 N–H and O–H groups in total. The predicted octanol–water partition coefficient (Wildman–Crippen LogP) is -3.15. The van der Waals surface area contributed by atoms with Gasteiger partial charge in [0.05, 0.1) is 44.7 Å². The van der Waals surface area contributed by atoms with Gasteiger partial charge in [-0.05, 0) is 91.3 Å². The Morgan fingerprint density at radius 3 is 1.62 bits per heavy atom. The van der Waals surface area contributed by atoms with E-state index in [2.05, 4.69) is 47.6 Å². The Morgan fingerprint density at radius 2 is 1.07 bits per heavy atom. The van der Waals surface area contributed by atoms with Crippen LogP contribution in [0.3, 0.4) is 0 Å². The van der Waals surface area contributed by atoms with Crippen LogP contribution in [0.25, 0.3) is 0 Å². The Balaban J connectivity index is 0.875. The first kappa shape index (κ1) is 70.0. The van der Waals surface area contributed by atoms with Crippen LogP contribution in [0.15, 0.2) is 11.6 Å². The summed E-state index contributed by atoms with van der Waals surface area (Å²) in [5.74, 6) is 0.323. The summed E-state index contributed by atoms with van der Waals surface area (Å²) in [4.78, 5) is 0. The molecule has 27 heteroatoms. The zero-order valence-corrected chi connectivity index (χ0v) is 51.4. The second-order valence-corrected chi connectivity index (χ2v) is 29.0. The van der Waals surface area contributed by atoms with E-state index in [9.17, 15) is 86.8 Å². The average Bonchev–Trinajstić information content (AvgIpc) is 1.66. The van der Waals surface area contributed by atoms with Gasteiger partial charge in [0.25, 0.3) is 0 Å². The molecule has 504 valence electrons. The van der Waals surface area contributed by atoms with Crippen molar-refractivity contribution in [3.63, 3.8) is 0 Å². The van der Waals surface area contributed by atoms with Gasteiger partial charge in [-0.3, -0.25) is 0 Å². The van der Waals surface area contributed by atoms with Crippen LogP contribution in [0.2, 0.25) is 0 Å². The molecule has 3 saturated carbocycles. The molecule has 0 aromatic rings. The van der Waals surface area contributed by atoms with Gasteiger partial charge in [-0.1, -0.05) is 74.0 Å². The molecule has 0 aromatic heterocycles. The van der Waals surface area contributed by atoms with Crippen molar-refractivity contribution in [3.05, 3.63) is 11.6 Å². The Hall–Kier alpha value is -1.34. The van der Waals surface area contributed by atoms with Gasteiger partial charge < -0.3 is 134 Å². The second kappa shape index (κ2) is 26.8. The van der Waals surface area contributed by atoms with Crippen molar-refractivity contribution in [1.82, 2.24) is 0 Å². The lowest BCUT2D eigenvalue weighted by atomic mass is 9.38. The lowest BCUT2D eigenvalue weighted by Gasteiger charge is -2.67. The number of hydrogen-bond acceptors (Lipinski definition) is 27. The lowest BCUT2D eigenvalue weighted by Crippen LogP contribution is -2.65. The van der Waals surface area contributed by atoms with E-state index >= 15 is 0 Å². The molecule has 87 heavy (non-hydrogen) atoms. The summed E-state index contributed by atoms with van der Waals surface area (Å²) >= 11 is 0. The summed E-state index contributed by atoms with van der Waals surface area (Å²) in [6, 6.07) is 0. The van der Waals surface area contributed by atoms with Gasteiger partial charge in [0.2, 0.25) is 0 Å². The molecule has 34 atom stereocenters. The molecular weight excluding hydrogens is 1150 g/mol. The van der Waals surface area contributed by atoms with Gasteiger partial charge >= 0.3 is 0 Å². The third-order valence-electron chi connectivity index (χ3n) is 22.6. The fraction of sp³-hybridized carbons (Fsp3) is 0.967. The van der Waals surface area contributed by atoms with E-state index in [0.717, 1.165) is 18.4 Å². The SMILES string of the molecule is C[C@H](CCC(OC1OC(COC2OC(CO)C(O)C(O)C2O)C(O)C(O)C1OC1OC(O)C(O)CC1O)C(C)(C)C)[C@H]1CC[C@@]2(C)C3CC=C4[C@@H](CC[C@H](OC5OC(COC6OC(CO)C(O)C(O)C6O)C(O)C(O)C5O)C4(C)C)[C@]3(C)[C@H](O)C[C@]12C. The van der Waals surface area contributed by atoms with Crippen molar-refractivity contribution in [2.24, 2.45) is 50.7 Å². The maximum absolute atomic E-state index is 12.9. The van der Waals surface area contributed by atoms with E-state index in [0.29, 0.717) is 38.5 Å².